The number of esters is 2. The van der Waals surface area contributed by atoms with Gasteiger partial charge in [0.1, 0.15) is 17.3 Å². The minimum Gasteiger partial charge on any atom is -0.508 e. The Kier molecular flexibility index (Phi) is 14.1. The van der Waals surface area contributed by atoms with Crippen LogP contribution in [0.1, 0.15) is 137 Å². The number of benzene rings is 4. The number of carbonyl (C=O) groups is 2. The second kappa shape index (κ2) is 21.1. The van der Waals surface area contributed by atoms with Crippen molar-refractivity contribution >= 4 is 17.5 Å². The molecule has 4 aromatic carbocycles. The fraction of sp³-hybridized carbons (Fsp3) is 0.507. The lowest BCUT2D eigenvalue weighted by Crippen LogP contribution is -2.52. The van der Waals surface area contributed by atoms with Gasteiger partial charge in [0.05, 0.1) is 22.8 Å². The number of allylic oxidation sites excluding steroid dienone is 5. The summed E-state index contributed by atoms with van der Waals surface area (Å²) in [7, 11) is 2.08. The smallest absolute Gasteiger partial charge is 0.340 e. The third kappa shape index (κ3) is 9.36. The number of phenols is 1. The molecule has 78 heavy (non-hydrogen) atoms. The van der Waals surface area contributed by atoms with Crippen molar-refractivity contribution in [3.8, 4) is 16.9 Å². The van der Waals surface area contributed by atoms with E-state index >= 15 is 9.59 Å². The Morgan fingerprint density at radius 2 is 1.65 bits per heavy atom. The van der Waals surface area contributed by atoms with E-state index in [1.54, 1.807) is 6.07 Å². The minimum atomic E-state index is -0.878. The van der Waals surface area contributed by atoms with E-state index in [-0.39, 0.29) is 52.9 Å². The van der Waals surface area contributed by atoms with Crippen LogP contribution in [-0.4, -0.2) is 54.1 Å². The highest BCUT2D eigenvalue weighted by Gasteiger charge is 2.69. The largest absolute Gasteiger partial charge is 0.508 e. The van der Waals surface area contributed by atoms with E-state index in [0.717, 1.165) is 168 Å². The predicted octanol–water partition coefficient (Wildman–Crippen LogP) is 12.6. The highest BCUT2D eigenvalue weighted by molar-refractivity contribution is 6.07. The summed E-state index contributed by atoms with van der Waals surface area (Å²) in [5, 5.41) is 34.5. The van der Waals surface area contributed by atoms with Crippen molar-refractivity contribution in [2.24, 2.45) is 52.3 Å². The zero-order chi connectivity index (χ0) is 53.2. The van der Waals surface area contributed by atoms with Gasteiger partial charge in [0.15, 0.2) is 0 Å². The third-order valence-corrected chi connectivity index (χ3v) is 21.4. The molecule has 6 aliphatic carbocycles. The molecule has 5 heterocycles. The molecule has 10 unspecified atom stereocenters. The minimum absolute atomic E-state index is 0.0168. The van der Waals surface area contributed by atoms with Gasteiger partial charge < -0.3 is 35.6 Å². The predicted molar refractivity (Wildman–Crippen MR) is 306 cm³/mol. The summed E-state index contributed by atoms with van der Waals surface area (Å²) in [6.07, 6.45) is 22.7. The molecular formula is C69H81N3O6. The molecule has 5 fully saturated rings. The molecule has 14 bridgehead atoms. The van der Waals surface area contributed by atoms with Gasteiger partial charge in [0.25, 0.3) is 0 Å². The van der Waals surface area contributed by atoms with E-state index in [1.165, 1.54) is 22.3 Å². The van der Waals surface area contributed by atoms with Crippen LogP contribution >= 0.6 is 0 Å². The van der Waals surface area contributed by atoms with Crippen LogP contribution in [0.25, 0.3) is 16.7 Å². The number of aromatic hydroxyl groups is 1. The molecule has 9 heteroatoms. The summed E-state index contributed by atoms with van der Waals surface area (Å²) in [5.74, 6) is 2.24. The van der Waals surface area contributed by atoms with Crippen molar-refractivity contribution in [3.63, 3.8) is 0 Å². The van der Waals surface area contributed by atoms with Crippen LogP contribution in [0, 0.1) is 52.3 Å². The van der Waals surface area contributed by atoms with E-state index in [1.807, 2.05) is 12.1 Å². The first-order chi connectivity index (χ1) is 38.0. The van der Waals surface area contributed by atoms with Gasteiger partial charge in [-0.3, -0.25) is 0 Å². The number of carbonyl (C=O) groups excluding carboxylic acids is 2. The summed E-state index contributed by atoms with van der Waals surface area (Å²) >= 11 is 0. The van der Waals surface area contributed by atoms with Gasteiger partial charge in [0.2, 0.25) is 0 Å². The molecular weight excluding hydrogens is 967 g/mol. The maximum atomic E-state index is 15.3. The van der Waals surface area contributed by atoms with Gasteiger partial charge >= 0.3 is 11.9 Å². The molecule has 2 saturated heterocycles. The average Bonchev–Trinajstić information content (AvgIpc) is 3.26. The molecule has 408 valence electrons. The van der Waals surface area contributed by atoms with Crippen molar-refractivity contribution in [3.05, 3.63) is 165 Å². The number of fused-ring (bicyclic) bond motifs is 5. The number of hydrogen-bond acceptors (Lipinski definition) is 9. The lowest BCUT2D eigenvalue weighted by atomic mass is 9.44. The summed E-state index contributed by atoms with van der Waals surface area (Å²) in [5.41, 5.74) is 10.1. The SMILES string of the molecule is CCC(C=C1OC(=O)C2=C3c4cc(O)ccc4-c4cccc(c4)CNCCc4cccc(c4)CC4CC(C5CCNC(NC)C5)(CC=C5OC(=O)C6=C5CCC5C3CCC12C65)CC4CCC1(O)CCCC1)Cc1ccccc1. The maximum Gasteiger partial charge on any atom is 0.340 e. The number of piperidine rings is 1. The zero-order valence-corrected chi connectivity index (χ0v) is 46.1. The van der Waals surface area contributed by atoms with Crippen LogP contribution in [0.15, 0.2) is 137 Å². The molecule has 5 N–H and O–H groups in total. The van der Waals surface area contributed by atoms with E-state index in [2.05, 4.69) is 121 Å². The standard InChI is InChI=1S/C69H81N3O6/c1-3-43(33-44-11-5-4-6-12-44)37-59-69-30-22-54-55-19-20-56-58(77-65(74)62(56)63(55)69)23-28-67(51-25-32-72-60(38-51)70-2)40-49(21-29-68(76)26-7-8-27-68)50(41-67)35-46-14-9-13-45(34-46)24-31-71-42-47-15-10-16-48(36-47)53-18-17-52(73)39-57(53)61(54)64(69)66(75)78-59/h4-6,9-18,23,34,36-37,39,43,49-51,54-55,60,63,70-73,76H,3,7-8,19-22,24-33,35,38,40-42H2,1-2H3. The molecule has 1 spiro atoms. The Morgan fingerprint density at radius 3 is 2.50 bits per heavy atom. The van der Waals surface area contributed by atoms with Crippen LogP contribution in [0.4, 0.5) is 0 Å². The molecule has 11 aliphatic rings. The Hall–Kier alpha value is -5.58. The van der Waals surface area contributed by atoms with Crippen LogP contribution < -0.4 is 16.0 Å². The van der Waals surface area contributed by atoms with Crippen LogP contribution in [0.3, 0.4) is 0 Å². The second-order valence-corrected chi connectivity index (χ2v) is 25.6. The van der Waals surface area contributed by atoms with E-state index in [0.29, 0.717) is 42.1 Å². The van der Waals surface area contributed by atoms with Crippen LogP contribution in [0.2, 0.25) is 0 Å². The monoisotopic (exact) mass is 1050 g/mol. The van der Waals surface area contributed by atoms with Crippen LogP contribution in [0.5, 0.6) is 5.75 Å². The van der Waals surface area contributed by atoms with Crippen molar-refractivity contribution in [1.82, 2.24) is 16.0 Å². The number of ether oxygens (including phenoxy) is 2. The third-order valence-electron chi connectivity index (χ3n) is 21.4. The van der Waals surface area contributed by atoms with Gasteiger partial charge in [-0.1, -0.05) is 98.6 Å². The number of phenolic OH excluding ortho intramolecular Hbond substituents is 1. The van der Waals surface area contributed by atoms with Crippen molar-refractivity contribution in [2.75, 3.05) is 20.1 Å². The van der Waals surface area contributed by atoms with E-state index in [4.69, 9.17) is 9.47 Å². The molecule has 4 aromatic rings. The fourth-order valence-electron chi connectivity index (χ4n) is 17.6. The summed E-state index contributed by atoms with van der Waals surface area (Å²) in [4.78, 5) is 30.5. The average molecular weight is 1050 g/mol. The number of nitrogens with one attached hydrogen (secondary N) is 3. The Morgan fingerprint density at radius 1 is 0.821 bits per heavy atom. The molecule has 10 atom stereocenters. The Balaban J connectivity index is 0.968. The first-order valence-electron chi connectivity index (χ1n) is 30.3. The van der Waals surface area contributed by atoms with Gasteiger partial charge in [-0.15, -0.1) is 0 Å². The summed E-state index contributed by atoms with van der Waals surface area (Å²) < 4.78 is 13.5. The fourth-order valence-corrected chi connectivity index (χ4v) is 17.6. The molecule has 0 aromatic heterocycles. The van der Waals surface area contributed by atoms with Gasteiger partial charge in [-0.25, -0.2) is 9.59 Å². The number of rotatable bonds is 9. The Bertz CT molecular complexity index is 3090. The molecule has 9 nitrogen and oxygen atoms in total. The quantitative estimate of drug-likeness (QED) is 0.104. The first kappa shape index (κ1) is 51.8. The van der Waals surface area contributed by atoms with Gasteiger partial charge in [-0.2, -0.15) is 0 Å². The number of cyclic esters (lactones) is 1. The molecule has 3 saturated carbocycles. The number of aliphatic hydroxyl groups is 1. The maximum absolute atomic E-state index is 15.3. The van der Waals surface area contributed by atoms with E-state index < -0.39 is 11.0 Å². The second-order valence-electron chi connectivity index (χ2n) is 25.6. The van der Waals surface area contributed by atoms with E-state index in [9.17, 15) is 10.2 Å². The lowest BCUT2D eigenvalue weighted by molar-refractivity contribution is -0.135. The van der Waals surface area contributed by atoms with Gasteiger partial charge in [0, 0.05) is 23.6 Å². The summed E-state index contributed by atoms with van der Waals surface area (Å²) in [6, 6.07) is 34.3. The normalized spacial score (nSPS) is 32.1. The van der Waals surface area contributed by atoms with Crippen LogP contribution in [-0.2, 0) is 44.9 Å². The van der Waals surface area contributed by atoms with Crippen molar-refractivity contribution in [1.29, 1.82) is 0 Å². The van der Waals surface area contributed by atoms with Crippen molar-refractivity contribution in [2.45, 2.75) is 147 Å². The zero-order valence-electron chi connectivity index (χ0n) is 46.1. The molecule has 0 amide bonds. The number of hydrogen-bond donors (Lipinski definition) is 5. The molecule has 5 aliphatic heterocycles. The van der Waals surface area contributed by atoms with Crippen molar-refractivity contribution < 1.29 is 29.3 Å². The first-order valence-corrected chi connectivity index (χ1v) is 30.3. The van der Waals surface area contributed by atoms with Gasteiger partial charge in [-0.05, 0) is 245 Å². The Labute approximate surface area is 462 Å². The topological polar surface area (TPSA) is 129 Å². The lowest BCUT2D eigenvalue weighted by Gasteiger charge is -2.56. The molecule has 0 radical (unpaired) electrons. The molecule has 15 rings (SSSR count). The highest BCUT2D eigenvalue weighted by atomic mass is 16.6. The summed E-state index contributed by atoms with van der Waals surface area (Å²) in [6.45, 7) is 4.73. The highest BCUT2D eigenvalue weighted by Crippen LogP contribution is 2.72.